The number of fused-ring (bicyclic) bond motifs is 3. The summed E-state index contributed by atoms with van der Waals surface area (Å²) >= 11 is 2.27. The van der Waals surface area contributed by atoms with Crippen LogP contribution in [0.25, 0.3) is 11.1 Å². The van der Waals surface area contributed by atoms with Gasteiger partial charge in [0.05, 0.1) is 24.3 Å². The molecule has 12 nitrogen and oxygen atoms in total. The molecule has 0 radical (unpaired) electrons. The smallest absolute Gasteiger partial charge is 0.302 e. The number of amidine groups is 1. The fraction of sp³-hybridized carbons (Fsp3) is 0.393. The number of hydrogen-bond acceptors (Lipinski definition) is 10. The van der Waals surface area contributed by atoms with E-state index in [2.05, 4.69) is 19.7 Å². The topological polar surface area (TPSA) is 171 Å². The Morgan fingerprint density at radius 1 is 1.14 bits per heavy atom. The maximum absolute atomic E-state index is 12.8. The molecule has 1 heterocycles. The van der Waals surface area contributed by atoms with Gasteiger partial charge in [0.25, 0.3) is 0 Å². The number of rotatable bonds is 14. The van der Waals surface area contributed by atoms with Crippen molar-refractivity contribution in [1.29, 1.82) is 0 Å². The molecule has 5 N–H and O–H groups in total. The Kier molecular flexibility index (Phi) is 11.0. The lowest BCUT2D eigenvalue weighted by Crippen LogP contribution is -2.70. The number of amides is 3. The van der Waals surface area contributed by atoms with Gasteiger partial charge >= 0.3 is 5.97 Å². The summed E-state index contributed by atoms with van der Waals surface area (Å²) in [7, 11) is 1.75. The predicted octanol–water partition coefficient (Wildman–Crippen LogP) is 1.83. The third kappa shape index (κ3) is 7.69. The lowest BCUT2D eigenvalue weighted by Gasteiger charge is -2.16. The van der Waals surface area contributed by atoms with Gasteiger partial charge in [-0.3, -0.25) is 34.8 Å². The number of nitrogens with two attached hydrogens (primary N) is 1. The molecule has 2 unspecified atom stereocenters. The quantitative estimate of drug-likeness (QED) is 0.0356. The molecule has 2 atom stereocenters. The summed E-state index contributed by atoms with van der Waals surface area (Å²) in [5, 5.41) is 14.6. The molecule has 1 aliphatic heterocycles. The number of thioether (sulfide) groups is 1. The number of benzene rings is 2. The Hall–Kier alpha value is -3.43. The van der Waals surface area contributed by atoms with Gasteiger partial charge in [0.15, 0.2) is 0 Å². The first-order valence-electron chi connectivity index (χ1n) is 13.3. The molecule has 1 saturated heterocycles. The van der Waals surface area contributed by atoms with Crippen LogP contribution in [0.1, 0.15) is 49.7 Å². The van der Waals surface area contributed by atoms with Crippen LogP contribution < -0.4 is 16.0 Å². The zero-order valence-corrected chi connectivity index (χ0v) is 24.8. The normalized spacial score (nSPS) is 17.8. The third-order valence-corrected chi connectivity index (χ3v) is 8.88. The van der Waals surface area contributed by atoms with Crippen LogP contribution in [0.4, 0.5) is 5.69 Å². The van der Waals surface area contributed by atoms with Crippen LogP contribution in [0.5, 0.6) is 0 Å². The summed E-state index contributed by atoms with van der Waals surface area (Å²) in [6.07, 6.45) is 1.57. The van der Waals surface area contributed by atoms with Crippen molar-refractivity contribution in [3.8, 4) is 11.1 Å². The molecular formula is C28H33N4O8S2+. The van der Waals surface area contributed by atoms with Crippen molar-refractivity contribution < 1.29 is 43.5 Å². The second-order valence-electron chi connectivity index (χ2n) is 9.76. The average molecular weight is 618 g/mol. The average Bonchev–Trinajstić information content (AvgIpc) is 3.42. The van der Waals surface area contributed by atoms with Crippen molar-refractivity contribution >= 4 is 59.0 Å². The van der Waals surface area contributed by atoms with Crippen LogP contribution in [0, 0.1) is 0 Å². The van der Waals surface area contributed by atoms with Gasteiger partial charge in [-0.15, -0.1) is 16.1 Å². The number of carbonyl (C=O) groups is 4. The first-order valence-corrected chi connectivity index (χ1v) is 15.1. The van der Waals surface area contributed by atoms with E-state index in [0.717, 1.165) is 40.7 Å². The van der Waals surface area contributed by atoms with Crippen molar-refractivity contribution in [2.75, 3.05) is 31.3 Å². The highest BCUT2D eigenvalue weighted by Crippen LogP contribution is 2.47. The number of imide groups is 1. The molecule has 0 spiro atoms. The molecule has 3 amide bonds. The molecule has 2 aliphatic rings. The molecule has 4 rings (SSSR count). The Morgan fingerprint density at radius 2 is 1.88 bits per heavy atom. The van der Waals surface area contributed by atoms with Gasteiger partial charge in [-0.2, -0.15) is 0 Å². The number of ether oxygens (including phenoxy) is 1. The van der Waals surface area contributed by atoms with Gasteiger partial charge < -0.3 is 10.1 Å². The third-order valence-electron chi connectivity index (χ3n) is 7.01. The number of likely N-dealkylation sites (tertiary alicyclic amines) is 1. The highest BCUT2D eigenvalue weighted by molar-refractivity contribution is 8.00. The minimum atomic E-state index is -0.439. The van der Waals surface area contributed by atoms with Crippen molar-refractivity contribution in [1.82, 2.24) is 4.90 Å². The van der Waals surface area contributed by atoms with Gasteiger partial charge in [0.1, 0.15) is 6.61 Å². The number of esters is 1. The number of hydrogen-bond donors (Lipinski definition) is 4. The number of carbonyl (C=O) groups excluding carboxylic acids is 4. The SMILES string of the molecule is C[NH+]=C(N)CCCSC1CC(=O)N(CCC(=O)Nc2ccc3c(c2)C(COC(C)=O)c2cc(SOOO)ccc2-3)C1=O. The summed E-state index contributed by atoms with van der Waals surface area (Å²) in [5.41, 5.74) is 9.92. The first-order chi connectivity index (χ1) is 20.2. The molecule has 224 valence electrons. The highest BCUT2D eigenvalue weighted by atomic mass is 32.2. The largest absolute Gasteiger partial charge is 0.465 e. The highest BCUT2D eigenvalue weighted by Gasteiger charge is 2.38. The fourth-order valence-electron chi connectivity index (χ4n) is 4.97. The Morgan fingerprint density at radius 3 is 2.60 bits per heavy atom. The second-order valence-corrected chi connectivity index (χ2v) is 11.8. The van der Waals surface area contributed by atoms with E-state index in [4.69, 9.17) is 15.7 Å². The van der Waals surface area contributed by atoms with Crippen LogP contribution in [-0.2, 0) is 33.3 Å². The van der Waals surface area contributed by atoms with Crippen LogP contribution >= 0.6 is 23.8 Å². The van der Waals surface area contributed by atoms with Crippen LogP contribution in [0.15, 0.2) is 41.3 Å². The molecule has 0 bridgehead atoms. The minimum absolute atomic E-state index is 0.00652. The van der Waals surface area contributed by atoms with E-state index in [-0.39, 0.29) is 49.6 Å². The van der Waals surface area contributed by atoms with Crippen LogP contribution in [0.2, 0.25) is 0 Å². The van der Waals surface area contributed by atoms with Gasteiger partial charge in [-0.05, 0) is 58.7 Å². The first kappa shape index (κ1) is 31.5. The van der Waals surface area contributed by atoms with E-state index >= 15 is 0 Å². The molecular weight excluding hydrogens is 584 g/mol. The standard InChI is InChI=1S/C28H32N4O8S2/c1-16(33)38-15-23-21-12-17(5-7-19(21)20-8-6-18(13-22(20)23)42-40-39-37)31-26(34)9-10-32-27(35)14-24(28(32)36)41-11-3-4-25(29)30-2/h5-8,12-13,23-24,37H,3-4,9-11,14-15H2,1-2H3,(H2,29,30)(H,31,34)/p+1. The van der Waals surface area contributed by atoms with Gasteiger partial charge in [0, 0.05) is 49.2 Å². The van der Waals surface area contributed by atoms with E-state index in [1.807, 2.05) is 24.3 Å². The maximum Gasteiger partial charge on any atom is 0.302 e. The number of nitrogens with zero attached hydrogens (tertiary/aromatic N) is 1. The molecule has 0 aromatic heterocycles. The van der Waals surface area contributed by atoms with E-state index in [0.29, 0.717) is 28.6 Å². The van der Waals surface area contributed by atoms with E-state index in [9.17, 15) is 19.2 Å². The zero-order valence-electron chi connectivity index (χ0n) is 23.2. The fourth-order valence-corrected chi connectivity index (χ4v) is 6.50. The monoisotopic (exact) mass is 617 g/mol. The minimum Gasteiger partial charge on any atom is -0.465 e. The summed E-state index contributed by atoms with van der Waals surface area (Å²) in [5.74, 6) is -0.209. The van der Waals surface area contributed by atoms with Gasteiger partial charge in [-0.25, -0.2) is 5.26 Å². The molecule has 1 fully saturated rings. The number of nitrogens with one attached hydrogen (secondary N) is 2. The predicted molar refractivity (Wildman–Crippen MR) is 157 cm³/mol. The molecule has 0 saturated carbocycles. The van der Waals surface area contributed by atoms with Crippen molar-refractivity contribution in [3.05, 3.63) is 47.5 Å². The second kappa shape index (κ2) is 14.6. The summed E-state index contributed by atoms with van der Waals surface area (Å²) in [6, 6.07) is 11.1. The van der Waals surface area contributed by atoms with Crippen molar-refractivity contribution in [2.24, 2.45) is 5.73 Å². The lowest BCUT2D eigenvalue weighted by atomic mass is 9.97. The maximum atomic E-state index is 12.8. The van der Waals surface area contributed by atoms with E-state index < -0.39 is 11.2 Å². The molecule has 2 aromatic rings. The summed E-state index contributed by atoms with van der Waals surface area (Å²) in [6.45, 7) is 1.44. The Balaban J connectivity index is 1.37. The molecule has 14 heteroatoms. The Labute approximate surface area is 251 Å². The molecule has 42 heavy (non-hydrogen) atoms. The van der Waals surface area contributed by atoms with E-state index in [1.54, 1.807) is 19.2 Å². The summed E-state index contributed by atoms with van der Waals surface area (Å²) < 4.78 is 9.89. The van der Waals surface area contributed by atoms with Crippen LogP contribution in [0.3, 0.4) is 0 Å². The zero-order chi connectivity index (χ0) is 30.2. The van der Waals surface area contributed by atoms with Crippen molar-refractivity contribution in [3.63, 3.8) is 0 Å². The molecule has 1 aliphatic carbocycles. The summed E-state index contributed by atoms with van der Waals surface area (Å²) in [4.78, 5) is 54.4. The van der Waals surface area contributed by atoms with Crippen LogP contribution in [-0.4, -0.2) is 70.9 Å². The number of anilines is 1. The molecule has 2 aromatic carbocycles. The van der Waals surface area contributed by atoms with E-state index in [1.165, 1.54) is 23.6 Å². The Bertz CT molecular complexity index is 1390. The van der Waals surface area contributed by atoms with Gasteiger partial charge in [0.2, 0.25) is 23.6 Å². The van der Waals surface area contributed by atoms with Crippen molar-refractivity contribution in [2.45, 2.75) is 48.7 Å². The lowest BCUT2D eigenvalue weighted by molar-refractivity contribution is -0.432. The van der Waals surface area contributed by atoms with Gasteiger partial charge in [-0.1, -0.05) is 17.2 Å².